The first-order valence-corrected chi connectivity index (χ1v) is 8.48. The van der Waals surface area contributed by atoms with E-state index in [-0.39, 0.29) is 23.9 Å². The molecule has 2 aliphatic rings. The molecule has 0 radical (unpaired) electrons. The highest BCUT2D eigenvalue weighted by Crippen LogP contribution is 2.44. The molecule has 0 saturated heterocycles. The summed E-state index contributed by atoms with van der Waals surface area (Å²) in [7, 11) is 0. The summed E-state index contributed by atoms with van der Waals surface area (Å²) in [6.07, 6.45) is 1.33. The Kier molecular flexibility index (Phi) is 3.81. The van der Waals surface area contributed by atoms with E-state index >= 15 is 0 Å². The predicted molar refractivity (Wildman–Crippen MR) is 86.3 cm³/mol. The van der Waals surface area contributed by atoms with Gasteiger partial charge in [-0.1, -0.05) is 31.0 Å². The molecule has 1 aliphatic carbocycles. The van der Waals surface area contributed by atoms with E-state index in [4.69, 9.17) is 0 Å². The standard InChI is InChI=1S/C18H18F3N3O/c19-18(20,21)15-8-4-3-7-12(15)13-9-16(25)23-17-14(13)10-22-24(17)11-5-1-2-6-11/h3-4,7-8,10-11,13H,1-2,5-6,9H2,(H,23,25)/t13-/m0/s1. The Hall–Kier alpha value is -2.31. The van der Waals surface area contributed by atoms with Gasteiger partial charge < -0.3 is 5.32 Å². The average Bonchev–Trinajstić information content (AvgIpc) is 3.22. The van der Waals surface area contributed by atoms with Crippen molar-refractivity contribution in [3.63, 3.8) is 0 Å². The lowest BCUT2D eigenvalue weighted by Crippen LogP contribution is -2.26. The van der Waals surface area contributed by atoms with Gasteiger partial charge in [0.05, 0.1) is 17.8 Å². The fourth-order valence-electron chi connectivity index (χ4n) is 4.00. The largest absolute Gasteiger partial charge is 0.416 e. The molecule has 4 nitrogen and oxygen atoms in total. The molecule has 1 N–H and O–H groups in total. The van der Waals surface area contributed by atoms with Crippen LogP contribution in [0.2, 0.25) is 0 Å². The molecule has 4 rings (SSSR count). The summed E-state index contributed by atoms with van der Waals surface area (Å²) < 4.78 is 42.0. The number of nitrogens with one attached hydrogen (secondary N) is 1. The average molecular weight is 349 g/mol. The van der Waals surface area contributed by atoms with Crippen LogP contribution in [0.4, 0.5) is 19.0 Å². The summed E-state index contributed by atoms with van der Waals surface area (Å²) in [4.78, 5) is 12.2. The number of rotatable bonds is 2. The topological polar surface area (TPSA) is 46.9 Å². The number of anilines is 1. The van der Waals surface area contributed by atoms with Gasteiger partial charge in [0, 0.05) is 17.9 Å². The van der Waals surface area contributed by atoms with E-state index < -0.39 is 17.7 Å². The van der Waals surface area contributed by atoms with Gasteiger partial charge in [0.1, 0.15) is 5.82 Å². The zero-order valence-corrected chi connectivity index (χ0v) is 13.5. The number of hydrogen-bond donors (Lipinski definition) is 1. The lowest BCUT2D eigenvalue weighted by molar-refractivity contribution is -0.138. The van der Waals surface area contributed by atoms with Crippen LogP contribution in [0.1, 0.15) is 60.8 Å². The van der Waals surface area contributed by atoms with E-state index in [1.54, 1.807) is 16.9 Å². The van der Waals surface area contributed by atoms with Gasteiger partial charge in [-0.05, 0) is 24.5 Å². The van der Waals surface area contributed by atoms with Gasteiger partial charge in [-0.3, -0.25) is 4.79 Å². The summed E-state index contributed by atoms with van der Waals surface area (Å²) in [6, 6.07) is 5.70. The van der Waals surface area contributed by atoms with E-state index in [2.05, 4.69) is 10.4 Å². The molecule has 1 aromatic heterocycles. The van der Waals surface area contributed by atoms with Crippen molar-refractivity contribution in [2.75, 3.05) is 5.32 Å². The lowest BCUT2D eigenvalue weighted by Gasteiger charge is -2.27. The first-order chi connectivity index (χ1) is 11.9. The van der Waals surface area contributed by atoms with Gasteiger partial charge in [0.15, 0.2) is 0 Å². The van der Waals surface area contributed by atoms with E-state index in [1.807, 2.05) is 0 Å². The third kappa shape index (κ3) is 2.81. The van der Waals surface area contributed by atoms with E-state index in [1.165, 1.54) is 12.1 Å². The lowest BCUT2D eigenvalue weighted by atomic mass is 9.84. The smallest absolute Gasteiger partial charge is 0.311 e. The van der Waals surface area contributed by atoms with Crippen molar-refractivity contribution in [1.29, 1.82) is 0 Å². The van der Waals surface area contributed by atoms with Crippen LogP contribution in [0.5, 0.6) is 0 Å². The number of aromatic nitrogens is 2. The minimum atomic E-state index is -4.45. The zero-order chi connectivity index (χ0) is 17.6. The first kappa shape index (κ1) is 16.2. The second kappa shape index (κ2) is 5.89. The molecular formula is C18H18F3N3O. The van der Waals surface area contributed by atoms with Crippen LogP contribution in [0.3, 0.4) is 0 Å². The van der Waals surface area contributed by atoms with E-state index in [0.717, 1.165) is 31.7 Å². The molecule has 2 aromatic rings. The second-order valence-electron chi connectivity index (χ2n) is 6.72. The molecule has 1 fully saturated rings. The Morgan fingerprint density at radius 3 is 2.56 bits per heavy atom. The zero-order valence-electron chi connectivity index (χ0n) is 13.5. The number of hydrogen-bond acceptors (Lipinski definition) is 2. The Morgan fingerprint density at radius 1 is 1.12 bits per heavy atom. The maximum atomic E-state index is 13.4. The molecule has 1 aliphatic heterocycles. The summed E-state index contributed by atoms with van der Waals surface area (Å²) >= 11 is 0. The third-order valence-corrected chi connectivity index (χ3v) is 5.16. The quantitative estimate of drug-likeness (QED) is 0.868. The van der Waals surface area contributed by atoms with Gasteiger partial charge >= 0.3 is 6.18 Å². The van der Waals surface area contributed by atoms with Gasteiger partial charge in [-0.15, -0.1) is 0 Å². The summed E-state index contributed by atoms with van der Waals surface area (Å²) in [5.41, 5.74) is 0.120. The molecule has 0 bridgehead atoms. The SMILES string of the molecule is O=C1C[C@@H](c2ccccc2C(F)(F)F)c2cnn(C3CCCC3)c2N1. The Morgan fingerprint density at radius 2 is 1.84 bits per heavy atom. The fraction of sp³-hybridized carbons (Fsp3) is 0.444. The van der Waals surface area contributed by atoms with Crippen molar-refractivity contribution >= 4 is 11.7 Å². The maximum Gasteiger partial charge on any atom is 0.416 e. The number of carbonyl (C=O) groups excluding carboxylic acids is 1. The molecule has 1 aromatic carbocycles. The van der Waals surface area contributed by atoms with Gasteiger partial charge in [-0.25, -0.2) is 4.68 Å². The van der Waals surface area contributed by atoms with Gasteiger partial charge in [0.2, 0.25) is 5.91 Å². The van der Waals surface area contributed by atoms with Crippen LogP contribution in [0, 0.1) is 0 Å². The maximum absolute atomic E-state index is 13.4. The third-order valence-electron chi connectivity index (χ3n) is 5.16. The van der Waals surface area contributed by atoms with Crippen molar-refractivity contribution in [3.05, 3.63) is 47.2 Å². The van der Waals surface area contributed by atoms with Crippen molar-refractivity contribution < 1.29 is 18.0 Å². The highest BCUT2D eigenvalue weighted by Gasteiger charge is 2.39. The monoisotopic (exact) mass is 349 g/mol. The number of carbonyl (C=O) groups is 1. The predicted octanol–water partition coefficient (Wildman–Crippen LogP) is 4.49. The molecule has 7 heteroatoms. The molecule has 132 valence electrons. The number of amides is 1. The molecule has 1 saturated carbocycles. The Labute approximate surface area is 143 Å². The molecule has 0 unspecified atom stereocenters. The minimum absolute atomic E-state index is 0.00352. The minimum Gasteiger partial charge on any atom is -0.311 e. The van der Waals surface area contributed by atoms with Crippen LogP contribution in [-0.4, -0.2) is 15.7 Å². The molecule has 25 heavy (non-hydrogen) atoms. The fourth-order valence-corrected chi connectivity index (χ4v) is 4.00. The van der Waals surface area contributed by atoms with Crippen molar-refractivity contribution in [1.82, 2.24) is 9.78 Å². The normalized spacial score (nSPS) is 21.2. The van der Waals surface area contributed by atoms with Crippen LogP contribution < -0.4 is 5.32 Å². The van der Waals surface area contributed by atoms with Crippen LogP contribution in [0.25, 0.3) is 0 Å². The molecule has 1 atom stereocenters. The van der Waals surface area contributed by atoms with Crippen molar-refractivity contribution in [2.24, 2.45) is 0 Å². The number of fused-ring (bicyclic) bond motifs is 1. The highest BCUT2D eigenvalue weighted by atomic mass is 19.4. The summed E-state index contributed by atoms with van der Waals surface area (Å²) in [5.74, 6) is -0.337. The highest BCUT2D eigenvalue weighted by molar-refractivity contribution is 5.94. The van der Waals surface area contributed by atoms with Crippen molar-refractivity contribution in [2.45, 2.75) is 50.2 Å². The van der Waals surface area contributed by atoms with Gasteiger partial charge in [-0.2, -0.15) is 18.3 Å². The van der Waals surface area contributed by atoms with E-state index in [9.17, 15) is 18.0 Å². The molecule has 2 heterocycles. The van der Waals surface area contributed by atoms with Crippen LogP contribution in [-0.2, 0) is 11.0 Å². The van der Waals surface area contributed by atoms with Crippen LogP contribution in [0.15, 0.2) is 30.5 Å². The molecule has 1 amide bonds. The first-order valence-electron chi connectivity index (χ1n) is 8.48. The van der Waals surface area contributed by atoms with E-state index in [0.29, 0.717) is 11.4 Å². The Bertz CT molecular complexity index is 806. The summed E-state index contributed by atoms with van der Waals surface area (Å²) in [6.45, 7) is 0. The number of nitrogens with zero attached hydrogens (tertiary/aromatic N) is 2. The number of benzene rings is 1. The van der Waals surface area contributed by atoms with Crippen molar-refractivity contribution in [3.8, 4) is 0 Å². The van der Waals surface area contributed by atoms with Gasteiger partial charge in [0.25, 0.3) is 0 Å². The molecule has 0 spiro atoms. The number of alkyl halides is 3. The number of halogens is 3. The second-order valence-corrected chi connectivity index (χ2v) is 6.72. The summed E-state index contributed by atoms with van der Waals surface area (Å²) in [5, 5.41) is 7.23. The van der Waals surface area contributed by atoms with Crippen LogP contribution >= 0.6 is 0 Å². The Balaban J connectivity index is 1.80. The molecular weight excluding hydrogens is 331 g/mol.